The minimum absolute atomic E-state index is 0.0765. The molecular formula is C15H20BNO. The van der Waals surface area contributed by atoms with Gasteiger partial charge in [0.2, 0.25) is 0 Å². The lowest BCUT2D eigenvalue weighted by Crippen LogP contribution is -2.19. The van der Waals surface area contributed by atoms with Gasteiger partial charge in [0.25, 0.3) is 0 Å². The monoisotopic (exact) mass is 241 g/mol. The van der Waals surface area contributed by atoms with Gasteiger partial charge in [0, 0.05) is 0 Å². The van der Waals surface area contributed by atoms with Crippen molar-refractivity contribution in [1.29, 1.82) is 0 Å². The largest absolute Gasteiger partial charge is 0.294 e. The standard InChI is InChI=1S/C15H20BNO/c1-9(2)6-12(18)8-14-13(10(3)4)7-11(5)15(16)17-14/h6-7,10H,8H2,1-5H3. The summed E-state index contributed by atoms with van der Waals surface area (Å²) in [6.07, 6.45) is 1.98. The van der Waals surface area contributed by atoms with Gasteiger partial charge < -0.3 is 0 Å². The molecule has 1 rings (SSSR count). The highest BCUT2D eigenvalue weighted by molar-refractivity contribution is 6.31. The first-order chi connectivity index (χ1) is 8.31. The fourth-order valence-corrected chi connectivity index (χ4v) is 1.87. The molecule has 0 aliphatic heterocycles. The highest BCUT2D eigenvalue weighted by atomic mass is 16.1. The highest BCUT2D eigenvalue weighted by Crippen LogP contribution is 2.19. The van der Waals surface area contributed by atoms with E-state index >= 15 is 0 Å². The normalized spacial score (nSPS) is 10.6. The first-order valence-electron chi connectivity index (χ1n) is 6.25. The van der Waals surface area contributed by atoms with Crippen molar-refractivity contribution >= 4 is 19.2 Å². The summed E-state index contributed by atoms with van der Waals surface area (Å²) in [4.78, 5) is 16.2. The molecule has 0 aliphatic rings. The van der Waals surface area contributed by atoms with Crippen LogP contribution in [0.4, 0.5) is 0 Å². The van der Waals surface area contributed by atoms with E-state index in [-0.39, 0.29) is 5.78 Å². The maximum atomic E-state index is 11.8. The number of hydrogen-bond donors (Lipinski definition) is 0. The Kier molecular flexibility index (Phi) is 4.89. The number of hydrogen-bond acceptors (Lipinski definition) is 2. The Balaban J connectivity index is 3.11. The van der Waals surface area contributed by atoms with Gasteiger partial charge in [-0.3, -0.25) is 9.78 Å². The molecule has 18 heavy (non-hydrogen) atoms. The summed E-state index contributed by atoms with van der Waals surface area (Å²) in [7, 11) is 5.83. The Morgan fingerprint density at radius 1 is 1.44 bits per heavy atom. The predicted octanol–water partition coefficient (Wildman–Crippen LogP) is 2.39. The van der Waals surface area contributed by atoms with Crippen LogP contribution in [0.3, 0.4) is 0 Å². The molecule has 1 aromatic heterocycles. The van der Waals surface area contributed by atoms with Gasteiger partial charge in [-0.15, -0.1) is 0 Å². The molecule has 0 spiro atoms. The zero-order valence-corrected chi connectivity index (χ0v) is 11.9. The van der Waals surface area contributed by atoms with Crippen molar-refractivity contribution in [2.45, 2.75) is 47.0 Å². The maximum Gasteiger partial charge on any atom is 0.161 e. The van der Waals surface area contributed by atoms with Crippen molar-refractivity contribution in [2.24, 2.45) is 0 Å². The van der Waals surface area contributed by atoms with Gasteiger partial charge in [-0.25, -0.2) is 0 Å². The van der Waals surface area contributed by atoms with E-state index in [4.69, 9.17) is 7.85 Å². The Hall–Kier alpha value is -1.38. The number of pyridine rings is 1. The number of nitrogens with zero attached hydrogens (tertiary/aromatic N) is 1. The highest BCUT2D eigenvalue weighted by Gasteiger charge is 2.12. The van der Waals surface area contributed by atoms with Crippen molar-refractivity contribution in [1.82, 2.24) is 4.98 Å². The van der Waals surface area contributed by atoms with E-state index in [1.54, 1.807) is 6.08 Å². The van der Waals surface area contributed by atoms with Crippen molar-refractivity contribution < 1.29 is 4.79 Å². The van der Waals surface area contributed by atoms with E-state index in [0.717, 1.165) is 22.4 Å². The van der Waals surface area contributed by atoms with Gasteiger partial charge in [0.15, 0.2) is 5.78 Å². The number of aromatic nitrogens is 1. The van der Waals surface area contributed by atoms with Crippen molar-refractivity contribution in [3.8, 4) is 0 Å². The van der Waals surface area contributed by atoms with Crippen LogP contribution in [-0.4, -0.2) is 18.6 Å². The summed E-state index contributed by atoms with van der Waals surface area (Å²) in [6, 6.07) is 2.04. The van der Waals surface area contributed by atoms with Gasteiger partial charge in [-0.1, -0.05) is 25.5 Å². The fourth-order valence-electron chi connectivity index (χ4n) is 1.87. The van der Waals surface area contributed by atoms with E-state index in [1.165, 1.54) is 0 Å². The third-order valence-electron chi connectivity index (χ3n) is 2.78. The van der Waals surface area contributed by atoms with Gasteiger partial charge in [0.1, 0.15) is 7.85 Å². The van der Waals surface area contributed by atoms with Crippen LogP contribution in [0.5, 0.6) is 0 Å². The average Bonchev–Trinajstić information content (AvgIpc) is 2.21. The summed E-state index contributed by atoms with van der Waals surface area (Å²) < 4.78 is 0. The number of carbonyl (C=O) groups is 1. The lowest BCUT2D eigenvalue weighted by molar-refractivity contribution is -0.114. The van der Waals surface area contributed by atoms with E-state index in [9.17, 15) is 4.79 Å². The summed E-state index contributed by atoms with van der Waals surface area (Å²) in [5, 5.41) is 0. The van der Waals surface area contributed by atoms with Crippen LogP contribution in [0, 0.1) is 6.92 Å². The molecule has 0 aliphatic carbocycles. The topological polar surface area (TPSA) is 30.0 Å². The summed E-state index contributed by atoms with van der Waals surface area (Å²) >= 11 is 0. The van der Waals surface area contributed by atoms with E-state index in [1.807, 2.05) is 26.8 Å². The van der Waals surface area contributed by atoms with Gasteiger partial charge >= 0.3 is 0 Å². The fraction of sp³-hybridized carbons (Fsp3) is 0.467. The summed E-state index contributed by atoms with van der Waals surface area (Å²) in [5.41, 5.74) is 4.40. The Morgan fingerprint density at radius 3 is 2.56 bits per heavy atom. The lowest BCUT2D eigenvalue weighted by atomic mass is 9.91. The van der Waals surface area contributed by atoms with Gasteiger partial charge in [-0.05, 0) is 49.5 Å². The van der Waals surface area contributed by atoms with Crippen molar-refractivity contribution in [3.05, 3.63) is 34.5 Å². The molecule has 0 saturated heterocycles. The summed E-state index contributed by atoms with van der Waals surface area (Å²) in [6.45, 7) is 9.97. The van der Waals surface area contributed by atoms with Crippen LogP contribution < -0.4 is 5.59 Å². The molecule has 0 saturated carbocycles. The molecule has 0 amide bonds. The SMILES string of the molecule is [B]c1nc(CC(=O)C=C(C)C)c(C(C)C)cc1C. The predicted molar refractivity (Wildman–Crippen MR) is 76.6 cm³/mol. The third kappa shape index (κ3) is 3.83. The Labute approximate surface area is 111 Å². The third-order valence-corrected chi connectivity index (χ3v) is 2.78. The second-order valence-corrected chi connectivity index (χ2v) is 5.25. The zero-order valence-electron chi connectivity index (χ0n) is 11.9. The molecule has 1 heterocycles. The first-order valence-corrected chi connectivity index (χ1v) is 6.25. The lowest BCUT2D eigenvalue weighted by Gasteiger charge is -2.14. The molecule has 0 unspecified atom stereocenters. The average molecular weight is 241 g/mol. The molecular weight excluding hydrogens is 221 g/mol. The molecule has 3 heteroatoms. The van der Waals surface area contributed by atoms with Crippen molar-refractivity contribution in [2.75, 3.05) is 0 Å². The molecule has 0 atom stereocenters. The maximum absolute atomic E-state index is 11.8. The van der Waals surface area contributed by atoms with E-state index < -0.39 is 0 Å². The zero-order chi connectivity index (χ0) is 13.9. The molecule has 94 valence electrons. The number of carbonyl (C=O) groups excluding carboxylic acids is 1. The van der Waals surface area contributed by atoms with Gasteiger partial charge in [0.05, 0.1) is 12.1 Å². The molecule has 2 nitrogen and oxygen atoms in total. The number of rotatable bonds is 4. The molecule has 1 aromatic rings. The minimum atomic E-state index is 0.0765. The van der Waals surface area contributed by atoms with Crippen LogP contribution in [0.1, 0.15) is 50.4 Å². The van der Waals surface area contributed by atoms with Crippen LogP contribution in [-0.2, 0) is 11.2 Å². The summed E-state index contributed by atoms with van der Waals surface area (Å²) in [5.74, 6) is 0.416. The minimum Gasteiger partial charge on any atom is -0.294 e. The van der Waals surface area contributed by atoms with Crippen molar-refractivity contribution in [3.63, 3.8) is 0 Å². The molecule has 0 N–H and O–H groups in total. The van der Waals surface area contributed by atoms with Crippen LogP contribution in [0.25, 0.3) is 0 Å². The number of aryl methyl sites for hydroxylation is 1. The van der Waals surface area contributed by atoms with Gasteiger partial charge in [-0.2, -0.15) is 0 Å². The molecule has 0 aromatic carbocycles. The molecule has 0 fully saturated rings. The van der Waals surface area contributed by atoms with Crippen LogP contribution in [0.15, 0.2) is 17.7 Å². The first kappa shape index (κ1) is 14.7. The second kappa shape index (κ2) is 5.99. The smallest absolute Gasteiger partial charge is 0.161 e. The van der Waals surface area contributed by atoms with E-state index in [2.05, 4.69) is 18.8 Å². The quantitative estimate of drug-likeness (QED) is 0.598. The van der Waals surface area contributed by atoms with E-state index in [0.29, 0.717) is 17.9 Å². The van der Waals surface area contributed by atoms with Crippen LogP contribution in [0.2, 0.25) is 0 Å². The Morgan fingerprint density at radius 2 is 2.06 bits per heavy atom. The number of allylic oxidation sites excluding steroid dienone is 2. The number of ketones is 1. The Bertz CT molecular complexity index is 486. The van der Waals surface area contributed by atoms with Crippen LogP contribution >= 0.6 is 0 Å². The second-order valence-electron chi connectivity index (χ2n) is 5.25. The molecule has 0 bridgehead atoms. The molecule has 2 radical (unpaired) electrons.